The molecular formula is C15H23ClN3O3+. The Morgan fingerprint density at radius 2 is 2.05 bits per heavy atom. The maximum absolute atomic E-state index is 12.3. The molecule has 0 spiro atoms. The van der Waals surface area contributed by atoms with Gasteiger partial charge in [-0.25, -0.2) is 0 Å². The quantitative estimate of drug-likeness (QED) is 0.788. The second kappa shape index (κ2) is 8.00. The topological polar surface area (TPSA) is 63.1 Å². The highest BCUT2D eigenvalue weighted by atomic mass is 35.5. The summed E-state index contributed by atoms with van der Waals surface area (Å²) in [4.78, 5) is 26.4. The standard InChI is InChI=1S/C15H22ClN3O3/c1-10(19(4)9-14(20)18(2)3)15(21)17-12-8-11(16)6-7-13(12)22-5/h6-8,10H,9H2,1-5H3,(H,17,21)/p+1/t10-/m0/s1. The van der Waals surface area contributed by atoms with Crippen LogP contribution in [0.25, 0.3) is 0 Å². The van der Waals surface area contributed by atoms with Crippen molar-refractivity contribution in [3.05, 3.63) is 23.2 Å². The Kier molecular flexibility index (Phi) is 6.64. The fourth-order valence-electron chi connectivity index (χ4n) is 1.79. The van der Waals surface area contributed by atoms with Crippen LogP contribution in [0.5, 0.6) is 5.75 Å². The molecule has 0 aliphatic heterocycles. The zero-order valence-corrected chi connectivity index (χ0v) is 14.3. The number of amides is 2. The minimum absolute atomic E-state index is 0.0301. The number of nitrogens with zero attached hydrogens (tertiary/aromatic N) is 1. The van der Waals surface area contributed by atoms with E-state index in [4.69, 9.17) is 16.3 Å². The molecule has 7 heteroatoms. The predicted molar refractivity (Wildman–Crippen MR) is 86.5 cm³/mol. The summed E-state index contributed by atoms with van der Waals surface area (Å²) in [5, 5.41) is 3.30. The van der Waals surface area contributed by atoms with Crippen LogP contribution in [0.3, 0.4) is 0 Å². The third kappa shape index (κ3) is 4.89. The number of rotatable bonds is 6. The molecule has 0 saturated carbocycles. The van der Waals surface area contributed by atoms with Crippen LogP contribution in [0.4, 0.5) is 5.69 Å². The van der Waals surface area contributed by atoms with Crippen LogP contribution >= 0.6 is 11.6 Å². The van der Waals surface area contributed by atoms with Gasteiger partial charge in [0.25, 0.3) is 11.8 Å². The molecule has 0 saturated heterocycles. The average Bonchev–Trinajstić information content (AvgIpc) is 2.46. The molecule has 1 unspecified atom stereocenters. The molecule has 2 N–H and O–H groups in total. The van der Waals surface area contributed by atoms with E-state index in [0.717, 1.165) is 4.90 Å². The molecule has 0 heterocycles. The van der Waals surface area contributed by atoms with Crippen LogP contribution in [-0.2, 0) is 9.59 Å². The van der Waals surface area contributed by atoms with E-state index in [2.05, 4.69) is 5.32 Å². The third-order valence-corrected chi connectivity index (χ3v) is 3.72. The molecule has 122 valence electrons. The monoisotopic (exact) mass is 328 g/mol. The van der Waals surface area contributed by atoms with Gasteiger partial charge >= 0.3 is 0 Å². The number of carbonyl (C=O) groups excluding carboxylic acids is 2. The lowest BCUT2D eigenvalue weighted by Crippen LogP contribution is -3.15. The summed E-state index contributed by atoms with van der Waals surface area (Å²) in [6, 6.07) is 4.61. The van der Waals surface area contributed by atoms with Gasteiger partial charge in [-0.2, -0.15) is 0 Å². The summed E-state index contributed by atoms with van der Waals surface area (Å²) in [6.45, 7) is 2.01. The molecule has 2 amide bonds. The van der Waals surface area contributed by atoms with Gasteiger partial charge in [0, 0.05) is 19.1 Å². The lowest BCUT2D eigenvalue weighted by molar-refractivity contribution is -0.886. The maximum atomic E-state index is 12.3. The molecule has 0 aliphatic rings. The highest BCUT2D eigenvalue weighted by molar-refractivity contribution is 6.31. The molecule has 0 aromatic heterocycles. The van der Waals surface area contributed by atoms with Gasteiger partial charge < -0.3 is 19.9 Å². The van der Waals surface area contributed by atoms with Gasteiger partial charge in [0.2, 0.25) is 0 Å². The number of likely N-dealkylation sites (N-methyl/N-ethyl adjacent to an activating group) is 2. The molecule has 0 bridgehead atoms. The van der Waals surface area contributed by atoms with E-state index in [1.807, 2.05) is 0 Å². The number of quaternary nitrogens is 1. The number of ether oxygens (including phenoxy) is 1. The van der Waals surface area contributed by atoms with Gasteiger partial charge in [0.1, 0.15) is 5.75 Å². The van der Waals surface area contributed by atoms with Crippen molar-refractivity contribution in [1.29, 1.82) is 0 Å². The van der Waals surface area contributed by atoms with E-state index in [9.17, 15) is 9.59 Å². The molecule has 1 rings (SSSR count). The summed E-state index contributed by atoms with van der Waals surface area (Å²) in [5.41, 5.74) is 0.513. The Labute approximate surface area is 136 Å². The lowest BCUT2D eigenvalue weighted by Gasteiger charge is -2.22. The minimum atomic E-state index is -0.396. The molecule has 22 heavy (non-hydrogen) atoms. The van der Waals surface area contributed by atoms with Crippen LogP contribution in [0.2, 0.25) is 5.02 Å². The van der Waals surface area contributed by atoms with Crippen LogP contribution < -0.4 is 15.0 Å². The van der Waals surface area contributed by atoms with Crippen LogP contribution in [0.1, 0.15) is 6.92 Å². The van der Waals surface area contributed by atoms with Crippen molar-refractivity contribution in [3.63, 3.8) is 0 Å². The van der Waals surface area contributed by atoms with E-state index in [1.54, 1.807) is 46.3 Å². The van der Waals surface area contributed by atoms with E-state index in [-0.39, 0.29) is 18.4 Å². The van der Waals surface area contributed by atoms with E-state index < -0.39 is 6.04 Å². The second-order valence-corrected chi connectivity index (χ2v) is 5.80. The summed E-state index contributed by atoms with van der Waals surface area (Å²) >= 11 is 5.94. The van der Waals surface area contributed by atoms with Crippen LogP contribution in [0.15, 0.2) is 18.2 Å². The van der Waals surface area contributed by atoms with E-state index >= 15 is 0 Å². The Morgan fingerprint density at radius 1 is 1.41 bits per heavy atom. The molecular weight excluding hydrogens is 306 g/mol. The van der Waals surface area contributed by atoms with Crippen molar-refractivity contribution in [1.82, 2.24) is 4.90 Å². The van der Waals surface area contributed by atoms with Crippen molar-refractivity contribution in [2.75, 3.05) is 40.1 Å². The summed E-state index contributed by atoms with van der Waals surface area (Å²) in [7, 11) is 6.71. The van der Waals surface area contributed by atoms with Gasteiger partial charge in [-0.05, 0) is 25.1 Å². The fraction of sp³-hybridized carbons (Fsp3) is 0.467. The van der Waals surface area contributed by atoms with Crippen LogP contribution in [-0.4, -0.2) is 57.6 Å². The first-order chi connectivity index (χ1) is 10.3. The number of carbonyl (C=O) groups is 2. The van der Waals surface area contributed by atoms with Gasteiger partial charge in [-0.1, -0.05) is 11.6 Å². The Morgan fingerprint density at radius 3 is 2.59 bits per heavy atom. The Hall–Kier alpha value is -1.79. The third-order valence-electron chi connectivity index (χ3n) is 3.48. The van der Waals surface area contributed by atoms with E-state index in [1.165, 1.54) is 12.0 Å². The fourth-order valence-corrected chi connectivity index (χ4v) is 1.96. The largest absolute Gasteiger partial charge is 0.495 e. The van der Waals surface area contributed by atoms with Gasteiger partial charge in [0.15, 0.2) is 12.6 Å². The minimum Gasteiger partial charge on any atom is -0.495 e. The van der Waals surface area contributed by atoms with E-state index in [0.29, 0.717) is 16.5 Å². The predicted octanol–water partition coefficient (Wildman–Crippen LogP) is 0.279. The number of methoxy groups -OCH3 is 1. The van der Waals surface area contributed by atoms with Gasteiger partial charge in [0.05, 0.1) is 19.8 Å². The average molecular weight is 329 g/mol. The highest BCUT2D eigenvalue weighted by Crippen LogP contribution is 2.27. The number of hydrogen-bond donors (Lipinski definition) is 2. The number of anilines is 1. The second-order valence-electron chi connectivity index (χ2n) is 5.37. The Bertz CT molecular complexity index is 549. The first-order valence-electron chi connectivity index (χ1n) is 6.93. The number of hydrogen-bond acceptors (Lipinski definition) is 3. The molecule has 1 aromatic rings. The molecule has 0 aliphatic carbocycles. The number of nitrogens with one attached hydrogen (secondary N) is 2. The van der Waals surface area contributed by atoms with Crippen molar-refractivity contribution >= 4 is 29.1 Å². The normalized spacial score (nSPS) is 13.2. The number of halogens is 1. The van der Waals surface area contributed by atoms with Crippen molar-refractivity contribution in [2.45, 2.75) is 13.0 Å². The summed E-state index contributed by atoms with van der Waals surface area (Å²) in [5.74, 6) is 0.300. The van der Waals surface area contributed by atoms with Crippen molar-refractivity contribution < 1.29 is 19.2 Å². The molecule has 0 fully saturated rings. The zero-order valence-electron chi connectivity index (χ0n) is 13.6. The smallest absolute Gasteiger partial charge is 0.282 e. The number of benzene rings is 1. The molecule has 6 nitrogen and oxygen atoms in total. The van der Waals surface area contributed by atoms with Crippen molar-refractivity contribution in [3.8, 4) is 5.75 Å². The lowest BCUT2D eigenvalue weighted by atomic mass is 10.2. The SMILES string of the molecule is COc1ccc(Cl)cc1NC(=O)[C@H](C)[NH+](C)CC(=O)N(C)C. The first kappa shape index (κ1) is 18.3. The Balaban J connectivity index is 2.76. The highest BCUT2D eigenvalue weighted by Gasteiger charge is 2.25. The molecule has 0 radical (unpaired) electrons. The summed E-state index contributed by atoms with van der Waals surface area (Å²) < 4.78 is 5.20. The first-order valence-corrected chi connectivity index (χ1v) is 7.31. The van der Waals surface area contributed by atoms with Crippen LogP contribution in [0, 0.1) is 0 Å². The van der Waals surface area contributed by atoms with Gasteiger partial charge in [-0.15, -0.1) is 0 Å². The maximum Gasteiger partial charge on any atom is 0.282 e. The van der Waals surface area contributed by atoms with Crippen molar-refractivity contribution in [2.24, 2.45) is 0 Å². The molecule has 1 aromatic carbocycles. The molecule has 2 atom stereocenters. The van der Waals surface area contributed by atoms with Gasteiger partial charge in [-0.3, -0.25) is 9.59 Å². The zero-order chi connectivity index (χ0) is 16.9. The summed E-state index contributed by atoms with van der Waals surface area (Å²) in [6.07, 6.45) is 0.